The van der Waals surface area contributed by atoms with Gasteiger partial charge in [-0.05, 0) is 12.8 Å². The Morgan fingerprint density at radius 2 is 1.38 bits per heavy atom. The van der Waals surface area contributed by atoms with Crippen molar-refractivity contribution < 1.29 is 19.1 Å². The third-order valence-corrected chi connectivity index (χ3v) is 4.02. The van der Waals surface area contributed by atoms with Crippen molar-refractivity contribution >= 4 is 23.5 Å². The van der Waals surface area contributed by atoms with Crippen molar-refractivity contribution in [3.05, 3.63) is 10.8 Å². The van der Waals surface area contributed by atoms with Crippen LogP contribution in [0.3, 0.4) is 0 Å². The van der Waals surface area contributed by atoms with Crippen molar-refractivity contribution in [1.29, 1.82) is 0 Å². The molecule has 0 fully saturated rings. The standard InChI is InChI=1S/C17H28N2O4S/c1-3-5-6-7-8-9-11-19-17(21)23-15-13-24-12-14(15)22-16(20)18-10-4-2/h12-13H,3-11H2,1-2H3,(H,18,20)(H,19,21). The SMILES string of the molecule is CCCCCCCCNC(=O)Oc1cscc1OC(=O)NCCC. The third kappa shape index (κ3) is 8.76. The highest BCUT2D eigenvalue weighted by atomic mass is 32.1. The average molecular weight is 356 g/mol. The minimum absolute atomic E-state index is 0.253. The lowest BCUT2D eigenvalue weighted by Crippen LogP contribution is -2.29. The van der Waals surface area contributed by atoms with Gasteiger partial charge in [-0.2, -0.15) is 0 Å². The summed E-state index contributed by atoms with van der Waals surface area (Å²) in [5, 5.41) is 8.57. The topological polar surface area (TPSA) is 76.7 Å². The second-order valence-electron chi connectivity index (χ2n) is 5.50. The Bertz CT molecular complexity index is 491. The van der Waals surface area contributed by atoms with Crippen molar-refractivity contribution in [3.63, 3.8) is 0 Å². The molecule has 6 nitrogen and oxygen atoms in total. The zero-order valence-electron chi connectivity index (χ0n) is 14.6. The fraction of sp³-hybridized carbons (Fsp3) is 0.647. The molecule has 0 aliphatic rings. The largest absolute Gasteiger partial charge is 0.412 e. The van der Waals surface area contributed by atoms with E-state index < -0.39 is 12.2 Å². The number of unbranched alkanes of at least 4 members (excludes halogenated alkanes) is 5. The molecule has 136 valence electrons. The van der Waals surface area contributed by atoms with Gasteiger partial charge in [0.1, 0.15) is 0 Å². The summed E-state index contributed by atoms with van der Waals surface area (Å²) in [6, 6.07) is 0. The minimum Gasteiger partial charge on any atom is -0.405 e. The maximum atomic E-state index is 11.8. The van der Waals surface area contributed by atoms with E-state index in [-0.39, 0.29) is 11.5 Å². The molecule has 1 rings (SSSR count). The van der Waals surface area contributed by atoms with E-state index in [1.807, 2.05) is 6.92 Å². The van der Waals surface area contributed by atoms with Crippen LogP contribution in [-0.4, -0.2) is 25.3 Å². The van der Waals surface area contributed by atoms with Gasteiger partial charge in [-0.3, -0.25) is 0 Å². The van der Waals surface area contributed by atoms with Gasteiger partial charge in [-0.1, -0.05) is 46.0 Å². The molecule has 0 aromatic carbocycles. The lowest BCUT2D eigenvalue weighted by Gasteiger charge is -2.08. The average Bonchev–Trinajstić information content (AvgIpc) is 2.98. The quantitative estimate of drug-likeness (QED) is 0.564. The first kappa shape index (κ1) is 20.3. The summed E-state index contributed by atoms with van der Waals surface area (Å²) in [7, 11) is 0. The summed E-state index contributed by atoms with van der Waals surface area (Å²) in [6.07, 6.45) is 6.72. The first-order chi connectivity index (χ1) is 11.7. The molecule has 2 N–H and O–H groups in total. The van der Waals surface area contributed by atoms with E-state index in [1.54, 1.807) is 10.8 Å². The van der Waals surface area contributed by atoms with Gasteiger partial charge in [0, 0.05) is 23.8 Å². The van der Waals surface area contributed by atoms with E-state index in [0.717, 1.165) is 19.3 Å². The third-order valence-electron chi connectivity index (χ3n) is 3.32. The van der Waals surface area contributed by atoms with E-state index in [4.69, 9.17) is 9.47 Å². The first-order valence-electron chi connectivity index (χ1n) is 8.64. The van der Waals surface area contributed by atoms with Crippen molar-refractivity contribution in [1.82, 2.24) is 10.6 Å². The van der Waals surface area contributed by atoms with Crippen molar-refractivity contribution in [2.24, 2.45) is 0 Å². The highest BCUT2D eigenvalue weighted by molar-refractivity contribution is 7.08. The Balaban J connectivity index is 2.25. The predicted octanol–water partition coefficient (Wildman–Crippen LogP) is 4.70. The minimum atomic E-state index is -0.549. The molecule has 24 heavy (non-hydrogen) atoms. The van der Waals surface area contributed by atoms with Crippen molar-refractivity contribution in [3.8, 4) is 11.5 Å². The molecule has 7 heteroatoms. The van der Waals surface area contributed by atoms with E-state index in [0.29, 0.717) is 13.1 Å². The molecule has 2 amide bonds. The molecule has 0 unspecified atom stereocenters. The molecule has 0 saturated heterocycles. The molecule has 0 radical (unpaired) electrons. The summed E-state index contributed by atoms with van der Waals surface area (Å²) >= 11 is 1.30. The number of carbonyl (C=O) groups is 2. The Hall–Kier alpha value is -1.76. The van der Waals surface area contributed by atoms with Gasteiger partial charge in [-0.15, -0.1) is 11.3 Å². The molecule has 0 spiro atoms. The molecule has 1 aromatic rings. The lowest BCUT2D eigenvalue weighted by atomic mass is 10.1. The molecule has 0 aliphatic heterocycles. The highest BCUT2D eigenvalue weighted by Crippen LogP contribution is 2.31. The lowest BCUT2D eigenvalue weighted by molar-refractivity contribution is 0.190. The summed E-state index contributed by atoms with van der Waals surface area (Å²) in [4.78, 5) is 23.3. The summed E-state index contributed by atoms with van der Waals surface area (Å²) in [5.74, 6) is 0.510. The van der Waals surface area contributed by atoms with Crippen LogP contribution in [0.15, 0.2) is 10.8 Å². The maximum Gasteiger partial charge on any atom is 0.412 e. The Morgan fingerprint density at radius 1 is 0.833 bits per heavy atom. The van der Waals surface area contributed by atoms with E-state index in [2.05, 4.69) is 17.6 Å². The van der Waals surface area contributed by atoms with Crippen LogP contribution in [0.1, 0.15) is 58.8 Å². The number of ether oxygens (including phenoxy) is 2. The highest BCUT2D eigenvalue weighted by Gasteiger charge is 2.14. The van der Waals surface area contributed by atoms with Crippen molar-refractivity contribution in [2.75, 3.05) is 13.1 Å². The molecule has 0 bridgehead atoms. The summed E-state index contributed by atoms with van der Waals surface area (Å²) in [5.41, 5.74) is 0. The second kappa shape index (κ2) is 12.6. The summed E-state index contributed by atoms with van der Waals surface area (Å²) in [6.45, 7) is 5.27. The summed E-state index contributed by atoms with van der Waals surface area (Å²) < 4.78 is 10.3. The van der Waals surface area contributed by atoms with E-state index in [1.165, 1.54) is 37.0 Å². The van der Waals surface area contributed by atoms with Gasteiger partial charge in [0.05, 0.1) is 0 Å². The second-order valence-corrected chi connectivity index (χ2v) is 6.24. The smallest absolute Gasteiger partial charge is 0.405 e. The van der Waals surface area contributed by atoms with Gasteiger partial charge < -0.3 is 20.1 Å². The van der Waals surface area contributed by atoms with Gasteiger partial charge in [0.2, 0.25) is 0 Å². The van der Waals surface area contributed by atoms with E-state index in [9.17, 15) is 9.59 Å². The van der Waals surface area contributed by atoms with E-state index >= 15 is 0 Å². The van der Waals surface area contributed by atoms with Crippen LogP contribution >= 0.6 is 11.3 Å². The molecular weight excluding hydrogens is 328 g/mol. The van der Waals surface area contributed by atoms with Crippen LogP contribution in [0.5, 0.6) is 11.5 Å². The van der Waals surface area contributed by atoms with Gasteiger partial charge in [-0.25, -0.2) is 9.59 Å². The number of rotatable bonds is 11. The zero-order valence-corrected chi connectivity index (χ0v) is 15.4. The monoisotopic (exact) mass is 356 g/mol. The number of hydrogen-bond donors (Lipinski definition) is 2. The van der Waals surface area contributed by atoms with Crippen molar-refractivity contribution in [2.45, 2.75) is 58.8 Å². The fourth-order valence-corrected chi connectivity index (χ4v) is 2.66. The van der Waals surface area contributed by atoms with Crippen LogP contribution in [0.4, 0.5) is 9.59 Å². The number of thiophene rings is 1. The Labute approximate surface area is 147 Å². The van der Waals surface area contributed by atoms with Crippen LogP contribution < -0.4 is 20.1 Å². The number of nitrogens with one attached hydrogen (secondary N) is 2. The van der Waals surface area contributed by atoms with Gasteiger partial charge in [0.15, 0.2) is 11.5 Å². The molecular formula is C17H28N2O4S. The first-order valence-corrected chi connectivity index (χ1v) is 9.59. The molecule has 1 aromatic heterocycles. The predicted molar refractivity (Wildman–Crippen MR) is 96.0 cm³/mol. The van der Waals surface area contributed by atoms with Crippen LogP contribution in [0.2, 0.25) is 0 Å². The van der Waals surface area contributed by atoms with Gasteiger partial charge in [0.25, 0.3) is 0 Å². The Morgan fingerprint density at radius 3 is 1.96 bits per heavy atom. The number of carbonyl (C=O) groups excluding carboxylic acids is 2. The van der Waals surface area contributed by atoms with Gasteiger partial charge >= 0.3 is 12.2 Å². The molecule has 0 aliphatic carbocycles. The Kier molecular flexibility index (Phi) is 10.7. The van der Waals surface area contributed by atoms with Crippen LogP contribution in [0, 0.1) is 0 Å². The number of hydrogen-bond acceptors (Lipinski definition) is 5. The molecule has 0 atom stereocenters. The van der Waals surface area contributed by atoms with Crippen LogP contribution in [-0.2, 0) is 0 Å². The molecule has 0 saturated carbocycles. The maximum absolute atomic E-state index is 11.8. The normalized spacial score (nSPS) is 10.2. The van der Waals surface area contributed by atoms with Crippen LogP contribution in [0.25, 0.3) is 0 Å². The zero-order chi connectivity index (χ0) is 17.6. The number of amides is 2. The molecule has 1 heterocycles. The fourth-order valence-electron chi connectivity index (χ4n) is 2.02.